The number of sulfonamides is 1. The fourth-order valence-corrected chi connectivity index (χ4v) is 5.35. The highest BCUT2D eigenvalue weighted by atomic mass is 32.2. The number of amides is 2. The van der Waals surface area contributed by atoms with Crippen LogP contribution in [0.2, 0.25) is 0 Å². The molecule has 174 valence electrons. The number of nitrogens with zero attached hydrogens (tertiary/aromatic N) is 3. The number of ether oxygens (including phenoxy) is 1. The highest BCUT2D eigenvalue weighted by molar-refractivity contribution is 7.89. The third-order valence-electron chi connectivity index (χ3n) is 5.36. The molecular formula is C20H38N4O5S. The Balaban J connectivity index is 1.69. The third kappa shape index (κ3) is 7.70. The van der Waals surface area contributed by atoms with Crippen LogP contribution in [0.3, 0.4) is 0 Å². The number of hydrogen-bond donors (Lipinski definition) is 1. The van der Waals surface area contributed by atoms with Crippen molar-refractivity contribution in [1.82, 2.24) is 19.4 Å². The standard InChI is InChI=1S/C20H38N4O5S/c1-5-15-30(27,28)24-9-6-7-17(16-24)18(25)21-8-10-22-11-13-23(14-12-22)19(26)29-20(2,3)4/h17H,5-16H2,1-4H3,(H,21,25). The van der Waals surface area contributed by atoms with Gasteiger partial charge in [0.2, 0.25) is 15.9 Å². The average Bonchev–Trinajstić information content (AvgIpc) is 2.67. The molecule has 30 heavy (non-hydrogen) atoms. The molecule has 1 N–H and O–H groups in total. The minimum absolute atomic E-state index is 0.0706. The summed E-state index contributed by atoms with van der Waals surface area (Å²) in [5.41, 5.74) is -0.497. The van der Waals surface area contributed by atoms with Crippen molar-refractivity contribution in [2.45, 2.75) is 52.6 Å². The second-order valence-electron chi connectivity index (χ2n) is 9.11. The summed E-state index contributed by atoms with van der Waals surface area (Å²) in [4.78, 5) is 28.6. The van der Waals surface area contributed by atoms with E-state index >= 15 is 0 Å². The van der Waals surface area contributed by atoms with Gasteiger partial charge in [-0.25, -0.2) is 17.5 Å². The number of piperidine rings is 1. The summed E-state index contributed by atoms with van der Waals surface area (Å²) in [6.07, 6.45) is 1.73. The fourth-order valence-electron chi connectivity index (χ4n) is 3.76. The lowest BCUT2D eigenvalue weighted by Gasteiger charge is -2.35. The lowest BCUT2D eigenvalue weighted by atomic mass is 9.99. The third-order valence-corrected chi connectivity index (χ3v) is 7.40. The van der Waals surface area contributed by atoms with E-state index in [9.17, 15) is 18.0 Å². The number of hydrogen-bond acceptors (Lipinski definition) is 6. The largest absolute Gasteiger partial charge is 0.444 e. The number of carbonyl (C=O) groups is 2. The Morgan fingerprint density at radius 1 is 1.10 bits per heavy atom. The molecule has 0 aliphatic carbocycles. The maximum atomic E-state index is 12.5. The molecule has 2 amide bonds. The summed E-state index contributed by atoms with van der Waals surface area (Å²) in [6, 6.07) is 0. The van der Waals surface area contributed by atoms with E-state index in [2.05, 4.69) is 10.2 Å². The van der Waals surface area contributed by atoms with Crippen LogP contribution in [0.25, 0.3) is 0 Å². The van der Waals surface area contributed by atoms with Gasteiger partial charge in [-0.2, -0.15) is 0 Å². The van der Waals surface area contributed by atoms with Crippen LogP contribution >= 0.6 is 0 Å². The Kier molecular flexibility index (Phi) is 8.93. The van der Waals surface area contributed by atoms with E-state index < -0.39 is 15.6 Å². The van der Waals surface area contributed by atoms with Crippen LogP contribution < -0.4 is 5.32 Å². The van der Waals surface area contributed by atoms with Gasteiger partial charge in [-0.3, -0.25) is 9.69 Å². The minimum atomic E-state index is -3.26. The van der Waals surface area contributed by atoms with Crippen LogP contribution in [0.15, 0.2) is 0 Å². The van der Waals surface area contributed by atoms with E-state index in [0.29, 0.717) is 45.6 Å². The van der Waals surface area contributed by atoms with Crippen molar-refractivity contribution in [3.05, 3.63) is 0 Å². The summed E-state index contributed by atoms with van der Waals surface area (Å²) in [6.45, 7) is 12.1. The first-order valence-corrected chi connectivity index (χ1v) is 12.6. The predicted molar refractivity (Wildman–Crippen MR) is 116 cm³/mol. The number of rotatable bonds is 7. The zero-order valence-corrected chi connectivity index (χ0v) is 19.7. The van der Waals surface area contributed by atoms with Crippen molar-refractivity contribution in [2.24, 2.45) is 5.92 Å². The van der Waals surface area contributed by atoms with Gasteiger partial charge in [-0.1, -0.05) is 6.92 Å². The lowest BCUT2D eigenvalue weighted by molar-refractivity contribution is -0.126. The van der Waals surface area contributed by atoms with Crippen LogP contribution in [-0.4, -0.2) is 98.2 Å². The minimum Gasteiger partial charge on any atom is -0.444 e. The van der Waals surface area contributed by atoms with E-state index in [1.54, 1.807) is 4.90 Å². The molecule has 0 radical (unpaired) electrons. The summed E-state index contributed by atoms with van der Waals surface area (Å²) >= 11 is 0. The first-order chi connectivity index (χ1) is 14.0. The Bertz CT molecular complexity index is 684. The average molecular weight is 447 g/mol. The zero-order chi connectivity index (χ0) is 22.4. The Hall–Kier alpha value is -1.39. The molecule has 0 spiro atoms. The van der Waals surface area contributed by atoms with E-state index in [1.165, 1.54) is 4.31 Å². The predicted octanol–water partition coefficient (Wildman–Crippen LogP) is 1.11. The lowest BCUT2D eigenvalue weighted by Crippen LogP contribution is -2.52. The fraction of sp³-hybridized carbons (Fsp3) is 0.900. The molecule has 1 unspecified atom stereocenters. The normalized spacial score (nSPS) is 22.0. The van der Waals surface area contributed by atoms with Gasteiger partial charge in [-0.05, 0) is 40.0 Å². The van der Waals surface area contributed by atoms with Crippen molar-refractivity contribution in [3.8, 4) is 0 Å². The number of nitrogens with one attached hydrogen (secondary N) is 1. The van der Waals surface area contributed by atoms with Gasteiger partial charge in [0.1, 0.15) is 5.60 Å². The van der Waals surface area contributed by atoms with Gasteiger partial charge in [0.15, 0.2) is 0 Å². The van der Waals surface area contributed by atoms with Crippen molar-refractivity contribution < 1.29 is 22.7 Å². The molecule has 1 atom stereocenters. The van der Waals surface area contributed by atoms with E-state index in [0.717, 1.165) is 19.5 Å². The molecule has 2 aliphatic heterocycles. The van der Waals surface area contributed by atoms with Gasteiger partial charge in [0.05, 0.1) is 11.7 Å². The quantitative estimate of drug-likeness (QED) is 0.629. The van der Waals surface area contributed by atoms with Crippen molar-refractivity contribution in [1.29, 1.82) is 0 Å². The molecule has 0 aromatic carbocycles. The molecule has 2 saturated heterocycles. The summed E-state index contributed by atoms with van der Waals surface area (Å²) in [5, 5.41) is 2.96. The van der Waals surface area contributed by atoms with Crippen LogP contribution in [0.1, 0.15) is 47.0 Å². The zero-order valence-electron chi connectivity index (χ0n) is 18.9. The molecule has 2 heterocycles. The van der Waals surface area contributed by atoms with Crippen LogP contribution in [-0.2, 0) is 19.6 Å². The SMILES string of the molecule is CCCS(=O)(=O)N1CCCC(C(=O)NCCN2CCN(C(=O)OC(C)(C)C)CC2)C1. The number of piperazine rings is 1. The molecule has 0 saturated carbocycles. The summed E-state index contributed by atoms with van der Waals surface area (Å²) in [5.74, 6) is -0.218. The van der Waals surface area contributed by atoms with E-state index in [1.807, 2.05) is 27.7 Å². The molecule has 0 aromatic rings. The Labute approximate surface area is 181 Å². The molecule has 10 heteroatoms. The van der Waals surface area contributed by atoms with Crippen LogP contribution in [0.4, 0.5) is 4.79 Å². The monoisotopic (exact) mass is 446 g/mol. The Morgan fingerprint density at radius 2 is 1.77 bits per heavy atom. The van der Waals surface area contributed by atoms with E-state index in [4.69, 9.17) is 4.74 Å². The molecule has 2 rings (SSSR count). The van der Waals surface area contributed by atoms with Crippen LogP contribution in [0, 0.1) is 5.92 Å². The maximum absolute atomic E-state index is 12.5. The number of carbonyl (C=O) groups excluding carboxylic acids is 2. The highest BCUT2D eigenvalue weighted by Crippen LogP contribution is 2.20. The Morgan fingerprint density at radius 3 is 2.37 bits per heavy atom. The van der Waals surface area contributed by atoms with Gasteiger partial charge in [0.25, 0.3) is 0 Å². The highest BCUT2D eigenvalue weighted by Gasteiger charge is 2.32. The maximum Gasteiger partial charge on any atom is 0.410 e. The van der Waals surface area contributed by atoms with Gasteiger partial charge in [0, 0.05) is 52.4 Å². The molecule has 0 bridgehead atoms. The summed E-state index contributed by atoms with van der Waals surface area (Å²) < 4.78 is 31.4. The topological polar surface area (TPSA) is 99.3 Å². The first kappa shape index (κ1) is 24.9. The smallest absolute Gasteiger partial charge is 0.410 e. The molecule has 2 fully saturated rings. The first-order valence-electron chi connectivity index (χ1n) is 11.0. The van der Waals surface area contributed by atoms with Crippen molar-refractivity contribution >= 4 is 22.0 Å². The van der Waals surface area contributed by atoms with Gasteiger partial charge in [-0.15, -0.1) is 0 Å². The summed E-state index contributed by atoms with van der Waals surface area (Å²) in [7, 11) is -3.26. The second-order valence-corrected chi connectivity index (χ2v) is 11.2. The molecule has 0 aromatic heterocycles. The molecular weight excluding hydrogens is 408 g/mol. The van der Waals surface area contributed by atoms with Gasteiger partial charge >= 0.3 is 6.09 Å². The van der Waals surface area contributed by atoms with Crippen LogP contribution in [0.5, 0.6) is 0 Å². The second kappa shape index (κ2) is 10.8. The van der Waals surface area contributed by atoms with Gasteiger partial charge < -0.3 is 15.0 Å². The molecule has 9 nitrogen and oxygen atoms in total. The van der Waals surface area contributed by atoms with Crippen molar-refractivity contribution in [3.63, 3.8) is 0 Å². The van der Waals surface area contributed by atoms with E-state index in [-0.39, 0.29) is 30.2 Å². The molecule has 2 aliphatic rings. The van der Waals surface area contributed by atoms with Crippen molar-refractivity contribution in [2.75, 3.05) is 58.1 Å².